The molecule has 3 heterocycles. The maximum atomic E-state index is 13.1. The molecule has 0 radical (unpaired) electrons. The van der Waals surface area contributed by atoms with Crippen LogP contribution in [-0.4, -0.2) is 33.6 Å². The molecule has 5 rings (SSSR count). The Morgan fingerprint density at radius 1 is 1.10 bits per heavy atom. The van der Waals surface area contributed by atoms with Crippen molar-refractivity contribution in [3.8, 4) is 0 Å². The van der Waals surface area contributed by atoms with Crippen molar-refractivity contribution < 1.29 is 4.79 Å². The molecule has 31 heavy (non-hydrogen) atoms. The van der Waals surface area contributed by atoms with Gasteiger partial charge in [-0.05, 0) is 63.0 Å². The number of H-pyrrole nitrogens is 1. The molecular weight excluding hydrogens is 390 g/mol. The average Bonchev–Trinajstić information content (AvgIpc) is 3.13. The quantitative estimate of drug-likeness (QED) is 0.478. The number of nitrogens with one attached hydrogen (secondary N) is 3. The van der Waals surface area contributed by atoms with Crippen molar-refractivity contribution in [3.05, 3.63) is 75.2 Å². The third-order valence-electron chi connectivity index (χ3n) is 6.18. The molecule has 0 unspecified atom stereocenters. The van der Waals surface area contributed by atoms with Gasteiger partial charge in [0, 0.05) is 17.5 Å². The van der Waals surface area contributed by atoms with Gasteiger partial charge in [-0.15, -0.1) is 0 Å². The molecule has 1 fully saturated rings. The van der Waals surface area contributed by atoms with E-state index < -0.39 is 0 Å². The van der Waals surface area contributed by atoms with Gasteiger partial charge in [0.2, 0.25) is 0 Å². The summed E-state index contributed by atoms with van der Waals surface area (Å²) < 4.78 is 1.84. The fourth-order valence-corrected chi connectivity index (χ4v) is 4.66. The van der Waals surface area contributed by atoms with Crippen LogP contribution in [0.1, 0.15) is 45.9 Å². The van der Waals surface area contributed by atoms with Crippen molar-refractivity contribution in [1.82, 2.24) is 19.9 Å². The third-order valence-corrected chi connectivity index (χ3v) is 6.18. The number of anilines is 1. The number of fused-ring (bicyclic) bond motifs is 3. The second kappa shape index (κ2) is 7.67. The lowest BCUT2D eigenvalue weighted by atomic mass is 9.94. The summed E-state index contributed by atoms with van der Waals surface area (Å²) in [4.78, 5) is 28.6. The number of aromatic amines is 1. The van der Waals surface area contributed by atoms with E-state index in [4.69, 9.17) is 5.10 Å². The molecule has 3 N–H and O–H groups in total. The van der Waals surface area contributed by atoms with Crippen LogP contribution in [0.5, 0.6) is 0 Å². The smallest absolute Gasteiger partial charge is 0.256 e. The molecule has 0 spiro atoms. The van der Waals surface area contributed by atoms with Crippen LogP contribution in [-0.2, 0) is 0 Å². The van der Waals surface area contributed by atoms with Crippen LogP contribution in [0.25, 0.3) is 16.6 Å². The average molecular weight is 415 g/mol. The molecule has 1 aliphatic rings. The van der Waals surface area contributed by atoms with Gasteiger partial charge >= 0.3 is 0 Å². The van der Waals surface area contributed by atoms with Crippen molar-refractivity contribution in [2.75, 3.05) is 18.4 Å². The van der Waals surface area contributed by atoms with Gasteiger partial charge in [0.05, 0.1) is 22.3 Å². The summed E-state index contributed by atoms with van der Waals surface area (Å²) >= 11 is 0. The number of benzene rings is 2. The standard InChI is InChI=1S/C24H25N5O2/c1-14-5-3-6-15(2)21(14)24(31)26-17-7-4-8-18-22(17)23-27-20(30)13-19(29(23)28-18)16-9-11-25-12-10-16/h3-8,13,16,25H,9-12H2,1-2H3,(H,26,31)(H,27,30). The zero-order chi connectivity index (χ0) is 21.5. The maximum absolute atomic E-state index is 13.1. The number of amides is 1. The highest BCUT2D eigenvalue weighted by molar-refractivity contribution is 6.12. The van der Waals surface area contributed by atoms with Gasteiger partial charge in [-0.1, -0.05) is 24.3 Å². The van der Waals surface area contributed by atoms with E-state index in [9.17, 15) is 9.59 Å². The third kappa shape index (κ3) is 3.41. The van der Waals surface area contributed by atoms with E-state index in [2.05, 4.69) is 15.6 Å². The molecule has 0 bridgehead atoms. The van der Waals surface area contributed by atoms with E-state index in [0.29, 0.717) is 16.9 Å². The molecule has 1 saturated heterocycles. The molecule has 158 valence electrons. The van der Waals surface area contributed by atoms with E-state index >= 15 is 0 Å². The predicted octanol–water partition coefficient (Wildman–Crippen LogP) is 3.51. The van der Waals surface area contributed by atoms with Gasteiger partial charge in [-0.2, -0.15) is 5.10 Å². The van der Waals surface area contributed by atoms with E-state index in [1.807, 2.05) is 54.8 Å². The van der Waals surface area contributed by atoms with Gasteiger partial charge in [-0.3, -0.25) is 9.59 Å². The Hall–Kier alpha value is -3.45. The van der Waals surface area contributed by atoms with Gasteiger partial charge < -0.3 is 15.6 Å². The molecule has 7 heteroatoms. The Balaban J connectivity index is 1.65. The van der Waals surface area contributed by atoms with E-state index in [-0.39, 0.29) is 17.4 Å². The van der Waals surface area contributed by atoms with E-state index in [0.717, 1.165) is 53.7 Å². The lowest BCUT2D eigenvalue weighted by Gasteiger charge is -2.23. The number of aryl methyl sites for hydroxylation is 2. The summed E-state index contributed by atoms with van der Waals surface area (Å²) in [7, 11) is 0. The molecule has 1 amide bonds. The molecule has 4 aromatic rings. The Labute approximate surface area is 179 Å². The summed E-state index contributed by atoms with van der Waals surface area (Å²) in [6, 6.07) is 13.1. The number of carbonyl (C=O) groups excluding carboxylic acids is 1. The number of aromatic nitrogens is 3. The van der Waals surface area contributed by atoms with Gasteiger partial charge in [-0.25, -0.2) is 4.52 Å². The monoisotopic (exact) mass is 415 g/mol. The first-order valence-electron chi connectivity index (χ1n) is 10.7. The number of hydrogen-bond acceptors (Lipinski definition) is 4. The second-order valence-electron chi connectivity index (χ2n) is 8.26. The van der Waals surface area contributed by atoms with Gasteiger partial charge in [0.1, 0.15) is 5.65 Å². The molecule has 1 aliphatic heterocycles. The number of hydrogen-bond donors (Lipinski definition) is 3. The van der Waals surface area contributed by atoms with E-state index in [1.54, 1.807) is 6.07 Å². The lowest BCUT2D eigenvalue weighted by molar-refractivity contribution is 0.102. The Morgan fingerprint density at radius 3 is 2.55 bits per heavy atom. The highest BCUT2D eigenvalue weighted by Crippen LogP contribution is 2.31. The number of rotatable bonds is 3. The van der Waals surface area contributed by atoms with Crippen LogP contribution >= 0.6 is 0 Å². The molecular formula is C24H25N5O2. The molecule has 7 nitrogen and oxygen atoms in total. The Morgan fingerprint density at radius 2 is 1.81 bits per heavy atom. The molecule has 0 saturated carbocycles. The summed E-state index contributed by atoms with van der Waals surface area (Å²) in [5.41, 5.74) is 5.27. The lowest BCUT2D eigenvalue weighted by Crippen LogP contribution is -2.28. The van der Waals surface area contributed by atoms with Crippen molar-refractivity contribution in [3.63, 3.8) is 0 Å². The zero-order valence-corrected chi connectivity index (χ0v) is 17.7. The number of piperidine rings is 1. The van der Waals surface area contributed by atoms with Crippen LogP contribution in [0.4, 0.5) is 5.69 Å². The highest BCUT2D eigenvalue weighted by Gasteiger charge is 2.22. The van der Waals surface area contributed by atoms with Gasteiger partial charge in [0.25, 0.3) is 11.5 Å². The molecule has 0 atom stereocenters. The maximum Gasteiger partial charge on any atom is 0.256 e. The normalized spacial score (nSPS) is 14.9. The fourth-order valence-electron chi connectivity index (χ4n) is 4.66. The highest BCUT2D eigenvalue weighted by atomic mass is 16.1. The minimum Gasteiger partial charge on any atom is -0.321 e. The van der Waals surface area contributed by atoms with Crippen LogP contribution in [0.2, 0.25) is 0 Å². The summed E-state index contributed by atoms with van der Waals surface area (Å²) in [6.07, 6.45) is 1.93. The minimum atomic E-state index is -0.167. The number of carbonyl (C=O) groups is 1. The van der Waals surface area contributed by atoms with Crippen LogP contribution in [0.15, 0.2) is 47.3 Å². The second-order valence-corrected chi connectivity index (χ2v) is 8.26. The first-order chi connectivity index (χ1) is 15.0. The first-order valence-corrected chi connectivity index (χ1v) is 10.7. The minimum absolute atomic E-state index is 0.154. The largest absolute Gasteiger partial charge is 0.321 e. The van der Waals surface area contributed by atoms with Crippen LogP contribution in [0, 0.1) is 13.8 Å². The van der Waals surface area contributed by atoms with Crippen molar-refractivity contribution in [2.45, 2.75) is 32.6 Å². The van der Waals surface area contributed by atoms with E-state index in [1.165, 1.54) is 0 Å². The predicted molar refractivity (Wildman–Crippen MR) is 122 cm³/mol. The zero-order valence-electron chi connectivity index (χ0n) is 17.7. The fraction of sp³-hybridized carbons (Fsp3) is 0.292. The molecule has 2 aromatic carbocycles. The molecule has 2 aromatic heterocycles. The first kappa shape index (κ1) is 19.5. The molecule has 0 aliphatic carbocycles. The van der Waals surface area contributed by atoms with Crippen molar-refractivity contribution in [2.24, 2.45) is 0 Å². The van der Waals surface area contributed by atoms with Crippen molar-refractivity contribution in [1.29, 1.82) is 0 Å². The SMILES string of the molecule is Cc1cccc(C)c1C(=O)Nc1cccc2nn3c(C4CCNCC4)cc(=O)[nH]c3c12. The number of nitrogens with zero attached hydrogens (tertiary/aromatic N) is 2. The van der Waals surface area contributed by atoms with Crippen molar-refractivity contribution >= 4 is 28.1 Å². The summed E-state index contributed by atoms with van der Waals surface area (Å²) in [5, 5.41) is 11.9. The summed E-state index contributed by atoms with van der Waals surface area (Å²) in [5.74, 6) is 0.104. The Kier molecular flexibility index (Phi) is 4.82. The van der Waals surface area contributed by atoms with Gasteiger partial charge in [0.15, 0.2) is 0 Å². The van der Waals surface area contributed by atoms with Crippen LogP contribution in [0.3, 0.4) is 0 Å². The Bertz CT molecular complexity index is 1340. The summed E-state index contributed by atoms with van der Waals surface area (Å²) in [6.45, 7) is 5.72. The van der Waals surface area contributed by atoms with Crippen LogP contribution < -0.4 is 16.2 Å². The topological polar surface area (TPSA) is 91.3 Å².